The number of aromatic hydroxyl groups is 1. The van der Waals surface area contributed by atoms with Crippen LogP contribution < -0.4 is 5.32 Å². The van der Waals surface area contributed by atoms with E-state index in [1.54, 1.807) is 6.07 Å². The van der Waals surface area contributed by atoms with Crippen LogP contribution in [-0.4, -0.2) is 5.11 Å². The highest BCUT2D eigenvalue weighted by molar-refractivity contribution is 6.30. The van der Waals surface area contributed by atoms with Crippen LogP contribution in [0.4, 0.5) is 5.69 Å². The Morgan fingerprint density at radius 2 is 1.87 bits per heavy atom. The maximum absolute atomic E-state index is 10.3. The number of phenolic OH excluding ortho intramolecular Hbond substituents is 1. The third-order valence-corrected chi connectivity index (χ3v) is 3.48. The van der Waals surface area contributed by atoms with Crippen LogP contribution in [0, 0.1) is 12.3 Å². The quantitative estimate of drug-likeness (QED) is 0.698. The Morgan fingerprint density at radius 1 is 1.17 bits per heavy atom. The molecule has 23 heavy (non-hydrogen) atoms. The van der Waals surface area contributed by atoms with E-state index in [1.165, 1.54) is 0 Å². The Morgan fingerprint density at radius 3 is 2.52 bits per heavy atom. The van der Waals surface area contributed by atoms with Gasteiger partial charge in [-0.25, -0.2) is 0 Å². The number of hydrogen-bond acceptors (Lipinski definition) is 2. The van der Waals surface area contributed by atoms with Gasteiger partial charge in [0.05, 0.1) is 0 Å². The van der Waals surface area contributed by atoms with E-state index in [-0.39, 0.29) is 0 Å². The maximum Gasteiger partial charge on any atom is 0.123 e. The minimum atomic E-state index is 0.321. The van der Waals surface area contributed by atoms with Gasteiger partial charge >= 0.3 is 0 Å². The summed E-state index contributed by atoms with van der Waals surface area (Å²) in [6.07, 6.45) is 7.16. The van der Waals surface area contributed by atoms with Gasteiger partial charge in [0.25, 0.3) is 0 Å². The van der Waals surface area contributed by atoms with Crippen LogP contribution in [0.2, 0.25) is 5.02 Å². The minimum absolute atomic E-state index is 0.321. The van der Waals surface area contributed by atoms with Crippen LogP contribution >= 0.6 is 11.6 Å². The molecule has 2 aromatic rings. The molecule has 0 amide bonds. The molecule has 0 unspecified atom stereocenters. The summed E-state index contributed by atoms with van der Waals surface area (Å²) < 4.78 is 0. The first kappa shape index (κ1) is 18.9. The summed E-state index contributed by atoms with van der Waals surface area (Å²) in [5, 5.41) is 14.2. The fourth-order valence-electron chi connectivity index (χ4n) is 2.23. The molecule has 0 saturated carbocycles. The smallest absolute Gasteiger partial charge is 0.123 e. The van der Waals surface area contributed by atoms with Gasteiger partial charge < -0.3 is 10.4 Å². The lowest BCUT2D eigenvalue weighted by Crippen LogP contribution is -2.01. The molecule has 0 aliphatic heterocycles. The zero-order chi connectivity index (χ0) is 17.2. The first-order valence-electron chi connectivity index (χ1n) is 7.95. The molecular weight excluding hydrogens is 306 g/mol. The number of terminal acetylenes is 1. The fourth-order valence-corrected chi connectivity index (χ4v) is 2.49. The predicted molar refractivity (Wildman–Crippen MR) is 100 cm³/mol. The monoisotopic (exact) mass is 329 g/mol. The van der Waals surface area contributed by atoms with Crippen LogP contribution in [0.25, 0.3) is 0 Å². The number of benzene rings is 2. The van der Waals surface area contributed by atoms with Crippen LogP contribution in [0.3, 0.4) is 0 Å². The highest BCUT2D eigenvalue weighted by atomic mass is 35.5. The normalized spacial score (nSPS) is 9.52. The highest BCUT2D eigenvalue weighted by Gasteiger charge is 2.09. The molecule has 0 bridgehead atoms. The molecule has 0 aliphatic carbocycles. The summed E-state index contributed by atoms with van der Waals surface area (Å²) in [5.74, 6) is 2.92. The van der Waals surface area contributed by atoms with Crippen LogP contribution in [0.15, 0.2) is 36.4 Å². The number of nitrogens with one attached hydrogen (secondary N) is 1. The molecule has 0 aromatic heterocycles. The van der Waals surface area contributed by atoms with Crippen LogP contribution in [0.1, 0.15) is 43.9 Å². The molecule has 2 N–H and O–H groups in total. The average Bonchev–Trinajstić information content (AvgIpc) is 2.58. The van der Waals surface area contributed by atoms with Crippen molar-refractivity contribution in [3.05, 3.63) is 58.1 Å². The summed E-state index contributed by atoms with van der Waals surface area (Å²) in [5.41, 5.74) is 3.42. The number of phenols is 1. The Balaban J connectivity index is 0.00000127. The number of rotatable bonds is 5. The van der Waals surface area contributed by atoms with E-state index in [9.17, 15) is 5.11 Å². The summed E-state index contributed by atoms with van der Waals surface area (Å²) in [7, 11) is 0. The van der Waals surface area contributed by atoms with Crippen molar-refractivity contribution in [2.45, 2.75) is 40.2 Å². The van der Waals surface area contributed by atoms with Gasteiger partial charge in [0.2, 0.25) is 0 Å². The van der Waals surface area contributed by atoms with Crippen LogP contribution in [-0.2, 0) is 13.0 Å². The Hall–Kier alpha value is -2.11. The van der Waals surface area contributed by atoms with E-state index in [1.807, 2.05) is 44.2 Å². The molecule has 122 valence electrons. The summed E-state index contributed by atoms with van der Waals surface area (Å²) in [6.45, 7) is 6.57. The van der Waals surface area contributed by atoms with Crippen molar-refractivity contribution in [2.75, 3.05) is 5.32 Å². The largest absolute Gasteiger partial charge is 0.507 e. The standard InChI is InChI=1S/C18H18ClNO.C2H6/c1-3-6-14-10-16(19)11-15(18(14)21)12-20-17-8-5-7-13(4-2)9-17;1-2/h2,5,7-11,20-21H,3,6,12H2,1H3;1-2H3. The van der Waals surface area contributed by atoms with Crippen molar-refractivity contribution in [3.63, 3.8) is 0 Å². The molecule has 0 aliphatic rings. The van der Waals surface area contributed by atoms with Crippen molar-refractivity contribution in [1.29, 1.82) is 0 Å². The number of aryl methyl sites for hydroxylation is 1. The fraction of sp³-hybridized carbons (Fsp3) is 0.300. The first-order valence-corrected chi connectivity index (χ1v) is 8.32. The van der Waals surface area contributed by atoms with Gasteiger partial charge in [0.1, 0.15) is 5.75 Å². The van der Waals surface area contributed by atoms with Crippen molar-refractivity contribution in [3.8, 4) is 18.1 Å². The van der Waals surface area contributed by atoms with Crippen molar-refractivity contribution in [1.82, 2.24) is 0 Å². The van der Waals surface area contributed by atoms with E-state index < -0.39 is 0 Å². The lowest BCUT2D eigenvalue weighted by Gasteiger charge is -2.12. The van der Waals surface area contributed by atoms with E-state index in [0.29, 0.717) is 17.3 Å². The van der Waals surface area contributed by atoms with Gasteiger partial charge in [-0.05, 0) is 42.3 Å². The Labute approximate surface area is 144 Å². The Bertz CT molecular complexity index is 674. The molecule has 0 saturated heterocycles. The van der Waals surface area contributed by atoms with E-state index in [0.717, 1.165) is 35.2 Å². The number of hydrogen-bond donors (Lipinski definition) is 2. The molecule has 0 spiro atoms. The second-order valence-corrected chi connectivity index (χ2v) is 5.34. The molecule has 2 nitrogen and oxygen atoms in total. The van der Waals surface area contributed by atoms with Crippen molar-refractivity contribution in [2.24, 2.45) is 0 Å². The predicted octanol–water partition coefficient (Wildman–Crippen LogP) is 5.62. The maximum atomic E-state index is 10.3. The van der Waals surface area contributed by atoms with Gasteiger partial charge in [-0.3, -0.25) is 0 Å². The Kier molecular flexibility index (Phi) is 8.08. The molecule has 0 heterocycles. The van der Waals surface area contributed by atoms with E-state index >= 15 is 0 Å². The second-order valence-electron chi connectivity index (χ2n) is 4.90. The van der Waals surface area contributed by atoms with Gasteiger partial charge in [0, 0.05) is 28.4 Å². The molecule has 2 rings (SSSR count). The molecule has 0 fully saturated rings. The third kappa shape index (κ3) is 5.54. The minimum Gasteiger partial charge on any atom is -0.507 e. The zero-order valence-corrected chi connectivity index (χ0v) is 14.7. The number of halogens is 1. The second kappa shape index (κ2) is 9.82. The first-order chi connectivity index (χ1) is 11.1. The van der Waals surface area contributed by atoms with Crippen molar-refractivity contribution >= 4 is 17.3 Å². The zero-order valence-electron chi connectivity index (χ0n) is 14.0. The highest BCUT2D eigenvalue weighted by Crippen LogP contribution is 2.29. The average molecular weight is 330 g/mol. The summed E-state index contributed by atoms with van der Waals surface area (Å²) in [6, 6.07) is 11.2. The molecule has 2 aromatic carbocycles. The topological polar surface area (TPSA) is 32.3 Å². The lowest BCUT2D eigenvalue weighted by molar-refractivity contribution is 0.461. The SMILES string of the molecule is C#Cc1cccc(NCc2cc(Cl)cc(CCC)c2O)c1.CC. The molecule has 0 atom stereocenters. The molecule has 0 radical (unpaired) electrons. The molecular formula is C20H24ClNO. The van der Waals surface area contributed by atoms with Gasteiger partial charge in [-0.1, -0.05) is 50.8 Å². The van der Waals surface area contributed by atoms with Crippen LogP contribution in [0.5, 0.6) is 5.75 Å². The van der Waals surface area contributed by atoms with Gasteiger partial charge in [0.15, 0.2) is 0 Å². The lowest BCUT2D eigenvalue weighted by atomic mass is 10.0. The number of anilines is 1. The van der Waals surface area contributed by atoms with Gasteiger partial charge in [-0.15, -0.1) is 6.42 Å². The van der Waals surface area contributed by atoms with Gasteiger partial charge in [-0.2, -0.15) is 0 Å². The van der Waals surface area contributed by atoms with E-state index in [4.69, 9.17) is 18.0 Å². The molecule has 3 heteroatoms. The van der Waals surface area contributed by atoms with E-state index in [2.05, 4.69) is 18.2 Å². The summed E-state index contributed by atoms with van der Waals surface area (Å²) >= 11 is 6.12. The third-order valence-electron chi connectivity index (χ3n) is 3.26. The summed E-state index contributed by atoms with van der Waals surface area (Å²) in [4.78, 5) is 0. The van der Waals surface area contributed by atoms with Crippen molar-refractivity contribution < 1.29 is 5.11 Å².